The molecule has 0 bridgehead atoms. The Kier molecular flexibility index (Phi) is 2.46. The van der Waals surface area contributed by atoms with Crippen molar-refractivity contribution in [3.63, 3.8) is 0 Å². The molecule has 0 fully saturated rings. The number of nitrogens with zero attached hydrogens (tertiary/aromatic N) is 8. The second-order valence-electron chi connectivity index (χ2n) is 2.91. The SMILES string of the molecule is [N-]=[N+]=NCCCN1N=NN2CCN=C12. The number of rotatable bonds is 4. The number of hydrogen-bond acceptors (Lipinski definition) is 6. The number of guanidine groups is 1. The Morgan fingerprint density at radius 3 is 3.29 bits per heavy atom. The van der Waals surface area contributed by atoms with E-state index in [1.807, 2.05) is 0 Å². The van der Waals surface area contributed by atoms with Crippen molar-refractivity contribution in [3.05, 3.63) is 10.4 Å². The fourth-order valence-corrected chi connectivity index (χ4v) is 1.34. The first-order valence-corrected chi connectivity index (χ1v) is 4.44. The van der Waals surface area contributed by atoms with Crippen LogP contribution in [0.5, 0.6) is 0 Å². The zero-order valence-electron chi connectivity index (χ0n) is 7.61. The fourth-order valence-electron chi connectivity index (χ4n) is 1.34. The van der Waals surface area contributed by atoms with E-state index in [0.29, 0.717) is 13.1 Å². The molecule has 0 saturated heterocycles. The first kappa shape index (κ1) is 8.76. The summed E-state index contributed by atoms with van der Waals surface area (Å²) in [5.41, 5.74) is 8.08. The van der Waals surface area contributed by atoms with Crippen LogP contribution in [0, 0.1) is 0 Å². The van der Waals surface area contributed by atoms with Crippen LogP contribution in [0.1, 0.15) is 6.42 Å². The molecule has 0 radical (unpaired) electrons. The molecule has 2 rings (SSSR count). The van der Waals surface area contributed by atoms with Crippen LogP contribution < -0.4 is 0 Å². The van der Waals surface area contributed by atoms with Crippen LogP contribution in [0.2, 0.25) is 0 Å². The van der Waals surface area contributed by atoms with Crippen molar-refractivity contribution >= 4 is 5.96 Å². The summed E-state index contributed by atoms with van der Waals surface area (Å²) >= 11 is 0. The highest BCUT2D eigenvalue weighted by atomic mass is 15.8. The van der Waals surface area contributed by atoms with Crippen molar-refractivity contribution in [1.82, 2.24) is 10.0 Å². The zero-order valence-corrected chi connectivity index (χ0v) is 7.61. The van der Waals surface area contributed by atoms with E-state index in [0.717, 1.165) is 25.5 Å². The maximum atomic E-state index is 8.08. The van der Waals surface area contributed by atoms with Crippen LogP contribution in [0.3, 0.4) is 0 Å². The molecule has 0 unspecified atom stereocenters. The Morgan fingerprint density at radius 2 is 2.43 bits per heavy atom. The lowest BCUT2D eigenvalue weighted by Crippen LogP contribution is -2.30. The summed E-state index contributed by atoms with van der Waals surface area (Å²) in [6.45, 7) is 2.76. The summed E-state index contributed by atoms with van der Waals surface area (Å²) in [6, 6.07) is 0. The highest BCUT2D eigenvalue weighted by molar-refractivity contribution is 5.81. The van der Waals surface area contributed by atoms with Gasteiger partial charge in [-0.05, 0) is 22.4 Å². The average Bonchev–Trinajstić information content (AvgIpc) is 2.75. The van der Waals surface area contributed by atoms with Gasteiger partial charge in [-0.15, -0.1) is 0 Å². The Bertz CT molecular complexity index is 314. The Morgan fingerprint density at radius 1 is 1.50 bits per heavy atom. The van der Waals surface area contributed by atoms with Crippen LogP contribution in [0.15, 0.2) is 20.6 Å². The first-order chi connectivity index (χ1) is 6.92. The number of aliphatic imine (C=N–C) groups is 1. The Hall–Kier alpha value is -1.82. The third kappa shape index (κ3) is 1.60. The zero-order chi connectivity index (χ0) is 9.80. The highest BCUT2D eigenvalue weighted by Gasteiger charge is 2.27. The van der Waals surface area contributed by atoms with Gasteiger partial charge in [0.25, 0.3) is 0 Å². The molecular weight excluding hydrogens is 184 g/mol. The van der Waals surface area contributed by atoms with Gasteiger partial charge in [0.1, 0.15) is 0 Å². The van der Waals surface area contributed by atoms with Gasteiger partial charge >= 0.3 is 0 Å². The van der Waals surface area contributed by atoms with Gasteiger partial charge in [0, 0.05) is 18.0 Å². The van der Waals surface area contributed by atoms with E-state index >= 15 is 0 Å². The molecule has 0 N–H and O–H groups in total. The van der Waals surface area contributed by atoms with E-state index in [2.05, 4.69) is 25.5 Å². The smallest absolute Gasteiger partial charge is 0.241 e. The average molecular weight is 194 g/mol. The van der Waals surface area contributed by atoms with Gasteiger partial charge in [0.05, 0.1) is 13.1 Å². The van der Waals surface area contributed by atoms with Gasteiger partial charge in [0.15, 0.2) is 0 Å². The van der Waals surface area contributed by atoms with Crippen molar-refractivity contribution in [2.24, 2.45) is 20.6 Å². The Balaban J connectivity index is 1.81. The molecule has 0 aromatic carbocycles. The van der Waals surface area contributed by atoms with E-state index in [1.165, 1.54) is 0 Å². The van der Waals surface area contributed by atoms with Gasteiger partial charge in [0.2, 0.25) is 5.96 Å². The van der Waals surface area contributed by atoms with E-state index in [1.54, 1.807) is 10.0 Å². The monoisotopic (exact) mass is 194 g/mol. The third-order valence-corrected chi connectivity index (χ3v) is 1.97. The molecule has 2 aliphatic heterocycles. The molecule has 0 aromatic rings. The van der Waals surface area contributed by atoms with Crippen molar-refractivity contribution in [2.75, 3.05) is 26.2 Å². The van der Waals surface area contributed by atoms with E-state index in [4.69, 9.17) is 5.53 Å². The van der Waals surface area contributed by atoms with Crippen molar-refractivity contribution in [2.45, 2.75) is 6.42 Å². The lowest BCUT2D eigenvalue weighted by atomic mass is 10.4. The fraction of sp³-hybridized carbons (Fsp3) is 0.833. The molecule has 0 aromatic heterocycles. The quantitative estimate of drug-likeness (QED) is 0.288. The summed E-state index contributed by atoms with van der Waals surface area (Å²) in [4.78, 5) is 6.93. The largest absolute Gasteiger partial charge is 0.248 e. The molecule has 0 aliphatic carbocycles. The minimum Gasteiger partial charge on any atom is -0.248 e. The molecule has 8 heteroatoms. The second-order valence-corrected chi connectivity index (χ2v) is 2.91. The summed E-state index contributed by atoms with van der Waals surface area (Å²) < 4.78 is 0. The van der Waals surface area contributed by atoms with Gasteiger partial charge in [-0.25, -0.2) is 15.0 Å². The van der Waals surface area contributed by atoms with E-state index in [9.17, 15) is 0 Å². The summed E-state index contributed by atoms with van der Waals surface area (Å²) in [7, 11) is 0. The molecule has 0 saturated carbocycles. The van der Waals surface area contributed by atoms with Gasteiger partial charge in [-0.1, -0.05) is 5.11 Å². The standard InChI is InChI=1S/C6H10N8/c7-10-9-2-1-4-13-6-8-3-5-14(6)12-11-13/h1-5H2. The molecule has 14 heavy (non-hydrogen) atoms. The molecule has 0 spiro atoms. The number of hydrogen-bond donors (Lipinski definition) is 0. The summed E-state index contributed by atoms with van der Waals surface area (Å²) in [5, 5.41) is 14.8. The van der Waals surface area contributed by atoms with Gasteiger partial charge in [-0.3, -0.25) is 0 Å². The Labute approximate surface area is 80.5 Å². The van der Waals surface area contributed by atoms with Crippen molar-refractivity contribution < 1.29 is 0 Å². The van der Waals surface area contributed by atoms with Crippen LogP contribution in [0.25, 0.3) is 10.4 Å². The number of azide groups is 1. The molecule has 0 atom stereocenters. The molecular formula is C6H10N8. The predicted octanol–water partition coefficient (Wildman–Crippen LogP) is 0.956. The van der Waals surface area contributed by atoms with Crippen molar-refractivity contribution in [3.8, 4) is 0 Å². The minimum atomic E-state index is 0.482. The minimum absolute atomic E-state index is 0.482. The lowest BCUT2D eigenvalue weighted by Gasteiger charge is -2.12. The maximum absolute atomic E-state index is 8.08. The van der Waals surface area contributed by atoms with E-state index in [-0.39, 0.29) is 0 Å². The predicted molar refractivity (Wildman–Crippen MR) is 49.2 cm³/mol. The highest BCUT2D eigenvalue weighted by Crippen LogP contribution is 2.15. The van der Waals surface area contributed by atoms with Crippen LogP contribution in [-0.2, 0) is 0 Å². The van der Waals surface area contributed by atoms with E-state index < -0.39 is 0 Å². The molecule has 74 valence electrons. The van der Waals surface area contributed by atoms with Gasteiger partial charge in [-0.2, -0.15) is 0 Å². The summed E-state index contributed by atoms with van der Waals surface area (Å²) in [5.74, 6) is 0.811. The topological polar surface area (TPSA) is 92.3 Å². The molecule has 8 nitrogen and oxygen atoms in total. The third-order valence-electron chi connectivity index (χ3n) is 1.97. The number of fused-ring (bicyclic) bond motifs is 1. The van der Waals surface area contributed by atoms with Crippen molar-refractivity contribution in [1.29, 1.82) is 0 Å². The second kappa shape index (κ2) is 3.93. The van der Waals surface area contributed by atoms with Crippen LogP contribution >= 0.6 is 0 Å². The van der Waals surface area contributed by atoms with Crippen LogP contribution in [-0.4, -0.2) is 42.2 Å². The normalized spacial score (nSPS) is 18.1. The van der Waals surface area contributed by atoms with Gasteiger partial charge < -0.3 is 0 Å². The summed E-state index contributed by atoms with van der Waals surface area (Å²) in [6.07, 6.45) is 0.760. The molecule has 0 amide bonds. The molecule has 2 heterocycles. The lowest BCUT2D eigenvalue weighted by molar-refractivity contribution is 0.430. The maximum Gasteiger partial charge on any atom is 0.241 e. The van der Waals surface area contributed by atoms with Crippen LogP contribution in [0.4, 0.5) is 0 Å². The first-order valence-electron chi connectivity index (χ1n) is 4.44. The molecule has 2 aliphatic rings.